The van der Waals surface area contributed by atoms with Crippen LogP contribution in [0.3, 0.4) is 0 Å². The third kappa shape index (κ3) is 3.00. The fourth-order valence-corrected chi connectivity index (χ4v) is 1.78. The Balaban J connectivity index is 2.20. The van der Waals surface area contributed by atoms with Crippen molar-refractivity contribution in [3.05, 3.63) is 53.3 Å². The van der Waals surface area contributed by atoms with Gasteiger partial charge in [0, 0.05) is 12.7 Å². The lowest BCUT2D eigenvalue weighted by molar-refractivity contribution is -0.0760. The minimum absolute atomic E-state index is 0.252. The molecule has 1 amide bonds. The van der Waals surface area contributed by atoms with E-state index >= 15 is 0 Å². The molecule has 0 spiro atoms. The van der Waals surface area contributed by atoms with E-state index in [-0.39, 0.29) is 5.91 Å². The van der Waals surface area contributed by atoms with Crippen LogP contribution in [0.5, 0.6) is 0 Å². The summed E-state index contributed by atoms with van der Waals surface area (Å²) in [6.45, 7) is 2.58. The molecule has 0 radical (unpaired) electrons. The van der Waals surface area contributed by atoms with E-state index in [1.54, 1.807) is 13.1 Å². The molecule has 0 unspecified atom stereocenters. The number of hydrogen-bond donors (Lipinski definition) is 0. The van der Waals surface area contributed by atoms with Crippen molar-refractivity contribution < 1.29 is 9.63 Å². The van der Waals surface area contributed by atoms with Gasteiger partial charge in [-0.1, -0.05) is 30.3 Å². The Labute approximate surface area is 112 Å². The highest BCUT2D eigenvalue weighted by Crippen LogP contribution is 2.09. The molecular formula is C14H17N3O2. The van der Waals surface area contributed by atoms with Gasteiger partial charge < -0.3 is 0 Å². The molecule has 0 saturated heterocycles. The van der Waals surface area contributed by atoms with Crippen LogP contribution >= 0.6 is 0 Å². The average molecular weight is 259 g/mol. The zero-order valence-electron chi connectivity index (χ0n) is 11.3. The average Bonchev–Trinajstić information content (AvgIpc) is 2.79. The predicted octanol–water partition coefficient (Wildman–Crippen LogP) is 1.87. The number of benzene rings is 1. The molecule has 0 N–H and O–H groups in total. The first-order chi connectivity index (χ1) is 9.11. The highest BCUT2D eigenvalue weighted by Gasteiger charge is 2.16. The highest BCUT2D eigenvalue weighted by molar-refractivity contribution is 5.91. The number of hydrogen-bond acceptors (Lipinski definition) is 3. The molecule has 0 aliphatic carbocycles. The van der Waals surface area contributed by atoms with Crippen LogP contribution in [-0.4, -0.2) is 34.9 Å². The molecule has 0 fully saturated rings. The molecule has 1 aromatic carbocycles. The molecule has 0 bridgehead atoms. The monoisotopic (exact) mass is 259 g/mol. The van der Waals surface area contributed by atoms with Gasteiger partial charge in [0.15, 0.2) is 5.69 Å². The molecule has 0 aliphatic heterocycles. The second kappa shape index (κ2) is 5.67. The van der Waals surface area contributed by atoms with Crippen LogP contribution in [-0.2, 0) is 11.4 Å². The fraction of sp³-hybridized carbons (Fsp3) is 0.286. The molecule has 5 heteroatoms. The van der Waals surface area contributed by atoms with Gasteiger partial charge in [-0.05, 0) is 18.6 Å². The first-order valence-corrected chi connectivity index (χ1v) is 6.02. The SMILES string of the molecule is CON(C)C(=O)c1cc(C)n(Cc2ccccc2)n1. The Bertz CT molecular complexity index is 563. The number of hydroxylamine groups is 2. The van der Waals surface area contributed by atoms with Crippen molar-refractivity contribution in [2.24, 2.45) is 0 Å². The summed E-state index contributed by atoms with van der Waals surface area (Å²) >= 11 is 0. The van der Waals surface area contributed by atoms with E-state index < -0.39 is 0 Å². The molecule has 5 nitrogen and oxygen atoms in total. The van der Waals surface area contributed by atoms with E-state index in [9.17, 15) is 4.79 Å². The van der Waals surface area contributed by atoms with Crippen molar-refractivity contribution >= 4 is 5.91 Å². The van der Waals surface area contributed by atoms with E-state index in [0.29, 0.717) is 12.2 Å². The van der Waals surface area contributed by atoms with Crippen LogP contribution in [0, 0.1) is 6.92 Å². The van der Waals surface area contributed by atoms with Gasteiger partial charge in [0.05, 0.1) is 13.7 Å². The quantitative estimate of drug-likeness (QED) is 0.788. The number of amides is 1. The van der Waals surface area contributed by atoms with Gasteiger partial charge in [0.25, 0.3) is 5.91 Å². The number of aryl methyl sites for hydroxylation is 1. The second-order valence-corrected chi connectivity index (χ2v) is 4.30. The summed E-state index contributed by atoms with van der Waals surface area (Å²) in [5.74, 6) is -0.252. The predicted molar refractivity (Wildman–Crippen MR) is 71.6 cm³/mol. The normalized spacial score (nSPS) is 10.5. The second-order valence-electron chi connectivity index (χ2n) is 4.30. The van der Waals surface area contributed by atoms with Crippen LogP contribution in [0.2, 0.25) is 0 Å². The minimum atomic E-state index is -0.252. The Morgan fingerprint density at radius 1 is 1.37 bits per heavy atom. The molecule has 1 aromatic heterocycles. The van der Waals surface area contributed by atoms with E-state index in [0.717, 1.165) is 16.3 Å². The molecule has 2 aromatic rings. The first kappa shape index (κ1) is 13.3. The van der Waals surface area contributed by atoms with Crippen LogP contribution in [0.15, 0.2) is 36.4 Å². The Hall–Kier alpha value is -2.14. The highest BCUT2D eigenvalue weighted by atomic mass is 16.7. The Morgan fingerprint density at radius 3 is 2.68 bits per heavy atom. The molecular weight excluding hydrogens is 242 g/mol. The van der Waals surface area contributed by atoms with Crippen LogP contribution in [0.25, 0.3) is 0 Å². The smallest absolute Gasteiger partial charge is 0.274 e. The number of nitrogens with zero attached hydrogens (tertiary/aromatic N) is 3. The summed E-state index contributed by atoms with van der Waals surface area (Å²) < 4.78 is 1.81. The summed E-state index contributed by atoms with van der Waals surface area (Å²) in [5, 5.41) is 5.48. The van der Waals surface area contributed by atoms with E-state index in [2.05, 4.69) is 5.10 Å². The number of carbonyl (C=O) groups is 1. The molecule has 0 aliphatic rings. The lowest BCUT2D eigenvalue weighted by Gasteiger charge is -2.11. The maximum Gasteiger partial charge on any atom is 0.297 e. The summed E-state index contributed by atoms with van der Waals surface area (Å²) in [6, 6.07) is 11.8. The van der Waals surface area contributed by atoms with Crippen molar-refractivity contribution in [3.8, 4) is 0 Å². The molecule has 1 heterocycles. The molecule has 2 rings (SSSR count). The standard InChI is InChI=1S/C14H17N3O2/c1-11-9-13(14(18)16(2)19-3)15-17(11)10-12-7-5-4-6-8-12/h4-9H,10H2,1-3H3. The Morgan fingerprint density at radius 2 is 2.05 bits per heavy atom. The van der Waals surface area contributed by atoms with Gasteiger partial charge in [0.1, 0.15) is 0 Å². The zero-order valence-corrected chi connectivity index (χ0v) is 11.3. The van der Waals surface area contributed by atoms with E-state index in [4.69, 9.17) is 4.84 Å². The summed E-state index contributed by atoms with van der Waals surface area (Å²) in [5.41, 5.74) is 2.47. The topological polar surface area (TPSA) is 47.4 Å². The van der Waals surface area contributed by atoms with Crippen molar-refractivity contribution in [2.45, 2.75) is 13.5 Å². The van der Waals surface area contributed by atoms with Gasteiger partial charge in [-0.25, -0.2) is 5.06 Å². The summed E-state index contributed by atoms with van der Waals surface area (Å²) in [7, 11) is 3.01. The summed E-state index contributed by atoms with van der Waals surface area (Å²) in [4.78, 5) is 16.8. The van der Waals surface area contributed by atoms with Gasteiger partial charge >= 0.3 is 0 Å². The number of carbonyl (C=O) groups excluding carboxylic acids is 1. The van der Waals surface area contributed by atoms with Crippen LogP contribution < -0.4 is 0 Å². The van der Waals surface area contributed by atoms with Gasteiger partial charge in [-0.2, -0.15) is 5.10 Å². The lowest BCUT2D eigenvalue weighted by atomic mass is 10.2. The van der Waals surface area contributed by atoms with Gasteiger partial charge in [-0.3, -0.25) is 14.3 Å². The van der Waals surface area contributed by atoms with Crippen molar-refractivity contribution in [2.75, 3.05) is 14.2 Å². The van der Waals surface area contributed by atoms with Gasteiger partial charge in [0.2, 0.25) is 0 Å². The lowest BCUT2D eigenvalue weighted by Crippen LogP contribution is -2.25. The maximum absolute atomic E-state index is 11.9. The van der Waals surface area contributed by atoms with E-state index in [1.807, 2.05) is 41.9 Å². The Kier molecular flexibility index (Phi) is 3.97. The first-order valence-electron chi connectivity index (χ1n) is 6.02. The molecule has 19 heavy (non-hydrogen) atoms. The number of rotatable bonds is 4. The van der Waals surface area contributed by atoms with E-state index in [1.165, 1.54) is 7.11 Å². The third-order valence-electron chi connectivity index (χ3n) is 2.94. The maximum atomic E-state index is 11.9. The molecule has 0 atom stereocenters. The number of aromatic nitrogens is 2. The minimum Gasteiger partial charge on any atom is -0.274 e. The van der Waals surface area contributed by atoms with Crippen LogP contribution in [0.1, 0.15) is 21.7 Å². The van der Waals surface area contributed by atoms with Gasteiger partial charge in [-0.15, -0.1) is 0 Å². The molecule has 100 valence electrons. The molecule has 0 saturated carbocycles. The van der Waals surface area contributed by atoms with Crippen LogP contribution in [0.4, 0.5) is 0 Å². The largest absolute Gasteiger partial charge is 0.297 e. The fourth-order valence-electron chi connectivity index (χ4n) is 1.78. The van der Waals surface area contributed by atoms with Crippen molar-refractivity contribution in [3.63, 3.8) is 0 Å². The third-order valence-corrected chi connectivity index (χ3v) is 2.94. The van der Waals surface area contributed by atoms with Crippen molar-refractivity contribution in [1.82, 2.24) is 14.8 Å². The summed E-state index contributed by atoms with van der Waals surface area (Å²) in [6.07, 6.45) is 0. The van der Waals surface area contributed by atoms with Crippen molar-refractivity contribution in [1.29, 1.82) is 0 Å². The zero-order chi connectivity index (χ0) is 13.8.